The number of hydrogen-bond donors (Lipinski definition) is 1. The van der Waals surface area contributed by atoms with Gasteiger partial charge in [-0.2, -0.15) is 0 Å². The van der Waals surface area contributed by atoms with Gasteiger partial charge in [0, 0.05) is 42.5 Å². The van der Waals surface area contributed by atoms with Crippen molar-refractivity contribution in [3.63, 3.8) is 0 Å². The van der Waals surface area contributed by atoms with Crippen molar-refractivity contribution >= 4 is 23.2 Å². The molecule has 2 aromatic carbocycles. The lowest BCUT2D eigenvalue weighted by Crippen LogP contribution is -2.48. The Morgan fingerprint density at radius 2 is 1.68 bits per heavy atom. The van der Waals surface area contributed by atoms with E-state index in [0.29, 0.717) is 18.7 Å². The number of phenolic OH excluding ortho intramolecular Hbond substituents is 1. The summed E-state index contributed by atoms with van der Waals surface area (Å²) in [4.78, 5) is 16.5. The number of halogens is 1. The van der Waals surface area contributed by atoms with Crippen LogP contribution in [0.3, 0.4) is 0 Å². The highest BCUT2D eigenvalue weighted by Crippen LogP contribution is 2.21. The van der Waals surface area contributed by atoms with E-state index >= 15 is 0 Å². The van der Waals surface area contributed by atoms with Crippen LogP contribution < -0.4 is 4.90 Å². The number of amides is 1. The molecule has 1 saturated heterocycles. The molecule has 0 aromatic heterocycles. The van der Waals surface area contributed by atoms with Gasteiger partial charge in [-0.25, -0.2) is 0 Å². The van der Waals surface area contributed by atoms with Crippen LogP contribution >= 0.6 is 11.6 Å². The highest BCUT2D eigenvalue weighted by atomic mass is 35.5. The number of anilines is 1. The lowest BCUT2D eigenvalue weighted by atomic mass is 10.1. The first-order chi connectivity index (χ1) is 10.6. The molecule has 3 rings (SSSR count). The number of phenols is 1. The van der Waals surface area contributed by atoms with E-state index in [4.69, 9.17) is 11.6 Å². The number of carbonyl (C=O) groups is 1. The van der Waals surface area contributed by atoms with Crippen LogP contribution in [0.1, 0.15) is 10.4 Å². The van der Waals surface area contributed by atoms with E-state index in [9.17, 15) is 9.90 Å². The van der Waals surface area contributed by atoms with Gasteiger partial charge in [-0.15, -0.1) is 0 Å². The average molecular weight is 317 g/mol. The van der Waals surface area contributed by atoms with Crippen LogP contribution in [0.2, 0.25) is 5.02 Å². The van der Waals surface area contributed by atoms with Crippen molar-refractivity contribution in [2.75, 3.05) is 31.1 Å². The maximum Gasteiger partial charge on any atom is 0.253 e. The Bertz CT molecular complexity index is 665. The first-order valence-corrected chi connectivity index (χ1v) is 7.60. The second-order valence-corrected chi connectivity index (χ2v) is 5.74. The van der Waals surface area contributed by atoms with Gasteiger partial charge in [-0.3, -0.25) is 4.79 Å². The molecule has 0 bridgehead atoms. The summed E-state index contributed by atoms with van der Waals surface area (Å²) in [6.07, 6.45) is 0. The first kappa shape index (κ1) is 14.7. The predicted octanol–water partition coefficient (Wildman–Crippen LogP) is 3.01. The summed E-state index contributed by atoms with van der Waals surface area (Å²) in [7, 11) is 0. The van der Waals surface area contributed by atoms with E-state index in [1.54, 1.807) is 12.1 Å². The SMILES string of the molecule is O=C(c1ccc(O)cc1)N1CCN(c2cccc(Cl)c2)CC1. The summed E-state index contributed by atoms with van der Waals surface area (Å²) in [6, 6.07) is 14.1. The fourth-order valence-electron chi connectivity index (χ4n) is 2.63. The molecular formula is C17H17ClN2O2. The van der Waals surface area contributed by atoms with Gasteiger partial charge < -0.3 is 14.9 Å². The quantitative estimate of drug-likeness (QED) is 0.926. The number of rotatable bonds is 2. The molecule has 1 N–H and O–H groups in total. The fourth-order valence-corrected chi connectivity index (χ4v) is 2.81. The zero-order valence-electron chi connectivity index (χ0n) is 12.1. The Labute approximate surface area is 134 Å². The van der Waals surface area contributed by atoms with Gasteiger partial charge in [0.2, 0.25) is 0 Å². The van der Waals surface area contributed by atoms with E-state index < -0.39 is 0 Å². The van der Waals surface area contributed by atoms with Gasteiger partial charge in [0.25, 0.3) is 5.91 Å². The lowest BCUT2D eigenvalue weighted by Gasteiger charge is -2.36. The number of hydrogen-bond acceptors (Lipinski definition) is 3. The molecule has 0 atom stereocenters. The Morgan fingerprint density at radius 1 is 1.00 bits per heavy atom. The number of carbonyl (C=O) groups excluding carboxylic acids is 1. The van der Waals surface area contributed by atoms with Gasteiger partial charge in [0.05, 0.1) is 0 Å². The number of benzene rings is 2. The average Bonchev–Trinajstić information content (AvgIpc) is 2.55. The first-order valence-electron chi connectivity index (χ1n) is 7.22. The molecule has 0 unspecified atom stereocenters. The van der Waals surface area contributed by atoms with E-state index in [1.807, 2.05) is 29.2 Å². The topological polar surface area (TPSA) is 43.8 Å². The van der Waals surface area contributed by atoms with Crippen molar-refractivity contribution < 1.29 is 9.90 Å². The van der Waals surface area contributed by atoms with Gasteiger partial charge in [-0.1, -0.05) is 17.7 Å². The van der Waals surface area contributed by atoms with Crippen molar-refractivity contribution in [2.24, 2.45) is 0 Å². The van der Waals surface area contributed by atoms with E-state index in [2.05, 4.69) is 4.90 Å². The summed E-state index contributed by atoms with van der Waals surface area (Å²) in [5.74, 6) is 0.174. The van der Waals surface area contributed by atoms with Gasteiger partial charge >= 0.3 is 0 Å². The molecule has 0 spiro atoms. The fraction of sp³-hybridized carbons (Fsp3) is 0.235. The number of nitrogens with zero attached hydrogens (tertiary/aromatic N) is 2. The van der Waals surface area contributed by atoms with Crippen LogP contribution in [-0.2, 0) is 0 Å². The lowest BCUT2D eigenvalue weighted by molar-refractivity contribution is 0.0747. The minimum absolute atomic E-state index is 0.00532. The summed E-state index contributed by atoms with van der Waals surface area (Å²) in [5, 5.41) is 10.0. The molecule has 0 radical (unpaired) electrons. The van der Waals surface area contributed by atoms with Crippen molar-refractivity contribution in [3.8, 4) is 5.75 Å². The molecule has 1 fully saturated rings. The molecule has 0 saturated carbocycles. The van der Waals surface area contributed by atoms with E-state index in [0.717, 1.165) is 23.8 Å². The van der Waals surface area contributed by atoms with E-state index in [1.165, 1.54) is 12.1 Å². The molecular weight excluding hydrogens is 300 g/mol. The third-order valence-electron chi connectivity index (χ3n) is 3.85. The third-order valence-corrected chi connectivity index (χ3v) is 4.09. The van der Waals surface area contributed by atoms with Crippen LogP contribution in [0.15, 0.2) is 48.5 Å². The predicted molar refractivity (Wildman–Crippen MR) is 87.7 cm³/mol. The molecule has 0 aliphatic carbocycles. The summed E-state index contributed by atoms with van der Waals surface area (Å²) >= 11 is 6.02. The van der Waals surface area contributed by atoms with E-state index in [-0.39, 0.29) is 11.7 Å². The summed E-state index contributed by atoms with van der Waals surface area (Å²) in [6.45, 7) is 2.91. The minimum Gasteiger partial charge on any atom is -0.508 e. The van der Waals surface area contributed by atoms with Crippen molar-refractivity contribution in [3.05, 3.63) is 59.1 Å². The monoisotopic (exact) mass is 316 g/mol. The van der Waals surface area contributed by atoms with Crippen LogP contribution in [-0.4, -0.2) is 42.1 Å². The molecule has 4 nitrogen and oxygen atoms in total. The highest BCUT2D eigenvalue weighted by molar-refractivity contribution is 6.30. The summed E-state index contributed by atoms with van der Waals surface area (Å²) < 4.78 is 0. The second kappa shape index (κ2) is 6.28. The third kappa shape index (κ3) is 3.17. The Hall–Kier alpha value is -2.20. The second-order valence-electron chi connectivity index (χ2n) is 5.31. The van der Waals surface area contributed by atoms with Gasteiger partial charge in [0.1, 0.15) is 5.75 Å². The van der Waals surface area contributed by atoms with Gasteiger partial charge in [-0.05, 0) is 42.5 Å². The smallest absolute Gasteiger partial charge is 0.253 e. The van der Waals surface area contributed by atoms with Crippen molar-refractivity contribution in [1.29, 1.82) is 0 Å². The molecule has 2 aromatic rings. The molecule has 1 aliphatic rings. The van der Waals surface area contributed by atoms with Crippen molar-refractivity contribution in [2.45, 2.75) is 0 Å². The van der Waals surface area contributed by atoms with Crippen molar-refractivity contribution in [1.82, 2.24) is 4.90 Å². The highest BCUT2D eigenvalue weighted by Gasteiger charge is 2.22. The van der Waals surface area contributed by atoms with Crippen LogP contribution in [0.25, 0.3) is 0 Å². The molecule has 114 valence electrons. The molecule has 1 heterocycles. The largest absolute Gasteiger partial charge is 0.508 e. The molecule has 5 heteroatoms. The number of piperazine rings is 1. The zero-order valence-corrected chi connectivity index (χ0v) is 12.8. The van der Waals surface area contributed by atoms with Crippen LogP contribution in [0.5, 0.6) is 5.75 Å². The van der Waals surface area contributed by atoms with Gasteiger partial charge in [0.15, 0.2) is 0 Å². The molecule has 1 amide bonds. The zero-order chi connectivity index (χ0) is 15.5. The Morgan fingerprint density at radius 3 is 2.32 bits per heavy atom. The molecule has 1 aliphatic heterocycles. The van der Waals surface area contributed by atoms with Crippen LogP contribution in [0, 0.1) is 0 Å². The normalized spacial score (nSPS) is 15.0. The molecule has 22 heavy (non-hydrogen) atoms. The Balaban J connectivity index is 1.64. The maximum absolute atomic E-state index is 12.4. The maximum atomic E-state index is 12.4. The number of aromatic hydroxyl groups is 1. The standard InChI is InChI=1S/C17H17ClN2O2/c18-14-2-1-3-15(12-14)19-8-10-20(11-9-19)17(22)13-4-6-16(21)7-5-13/h1-7,12,21H,8-11H2. The minimum atomic E-state index is 0.00532. The van der Waals surface area contributed by atoms with Crippen LogP contribution in [0.4, 0.5) is 5.69 Å². The Kier molecular flexibility index (Phi) is 4.20. The summed E-state index contributed by atoms with van der Waals surface area (Å²) in [5.41, 5.74) is 1.69.